The third-order valence-corrected chi connectivity index (χ3v) is 7.22. The Morgan fingerprint density at radius 2 is 1.83 bits per heavy atom. The minimum atomic E-state index is -0.00637. The predicted octanol–water partition coefficient (Wildman–Crippen LogP) is 5.42. The fraction of sp³-hybridized carbons (Fsp3) is 0.276. The number of nitrogens with zero attached hydrogens (tertiary/aromatic N) is 4. The molecule has 6 nitrogen and oxygen atoms in total. The highest BCUT2D eigenvalue weighted by atomic mass is 32.1. The maximum atomic E-state index is 5.88. The van der Waals surface area contributed by atoms with E-state index in [1.807, 2.05) is 42.9 Å². The van der Waals surface area contributed by atoms with Crippen LogP contribution in [0.1, 0.15) is 46.7 Å². The normalized spacial score (nSPS) is 17.3. The first-order valence-electron chi connectivity index (χ1n) is 12.4. The number of nitrogens with one attached hydrogen (secondary N) is 2. The molecular weight excluding hydrogens is 464 g/mol. The van der Waals surface area contributed by atoms with Gasteiger partial charge in [-0.05, 0) is 80.0 Å². The highest BCUT2D eigenvalue weighted by molar-refractivity contribution is 7.80. The Morgan fingerprint density at radius 3 is 2.58 bits per heavy atom. The SMILES string of the molecule is Cc1cc([C@H]2[C@H](c3ccccn3)NC(=S)N2CCCNc2ccccc2)c(C)n1Cc1cccnc1. The van der Waals surface area contributed by atoms with Gasteiger partial charge in [0.15, 0.2) is 5.11 Å². The van der Waals surface area contributed by atoms with Crippen LogP contribution in [0, 0.1) is 13.8 Å². The van der Waals surface area contributed by atoms with Gasteiger partial charge in [0.25, 0.3) is 0 Å². The summed E-state index contributed by atoms with van der Waals surface area (Å²) in [5, 5.41) is 7.89. The van der Waals surface area contributed by atoms with Crippen LogP contribution in [0.5, 0.6) is 0 Å². The summed E-state index contributed by atoms with van der Waals surface area (Å²) >= 11 is 5.88. The number of anilines is 1. The second-order valence-corrected chi connectivity index (χ2v) is 9.63. The molecule has 1 saturated heterocycles. The average Bonchev–Trinajstić information content (AvgIpc) is 3.38. The maximum Gasteiger partial charge on any atom is 0.170 e. The van der Waals surface area contributed by atoms with E-state index >= 15 is 0 Å². The van der Waals surface area contributed by atoms with Crippen LogP contribution >= 0.6 is 12.2 Å². The van der Waals surface area contributed by atoms with E-state index in [1.54, 1.807) is 0 Å². The molecule has 4 aromatic rings. The van der Waals surface area contributed by atoms with E-state index < -0.39 is 0 Å². The Hall–Kier alpha value is -3.71. The molecule has 0 amide bonds. The van der Waals surface area contributed by atoms with Crippen LogP contribution in [-0.4, -0.2) is 37.6 Å². The van der Waals surface area contributed by atoms with Gasteiger partial charge < -0.3 is 20.1 Å². The number of pyridine rings is 2. The van der Waals surface area contributed by atoms with Crippen LogP contribution in [-0.2, 0) is 6.54 Å². The first-order chi connectivity index (χ1) is 17.6. The predicted molar refractivity (Wildman–Crippen MR) is 149 cm³/mol. The topological polar surface area (TPSA) is 58.0 Å². The molecule has 0 spiro atoms. The number of aromatic nitrogens is 3. The number of hydrogen-bond donors (Lipinski definition) is 2. The highest BCUT2D eigenvalue weighted by Crippen LogP contribution is 2.41. The molecule has 0 saturated carbocycles. The summed E-state index contributed by atoms with van der Waals surface area (Å²) in [6.07, 6.45) is 6.58. The molecule has 5 rings (SSSR count). The number of hydrogen-bond acceptors (Lipinski definition) is 4. The van der Waals surface area contributed by atoms with E-state index in [0.29, 0.717) is 0 Å². The molecule has 2 atom stereocenters. The van der Waals surface area contributed by atoms with Crippen molar-refractivity contribution in [2.75, 3.05) is 18.4 Å². The lowest BCUT2D eigenvalue weighted by Crippen LogP contribution is -2.31. The van der Waals surface area contributed by atoms with Crippen molar-refractivity contribution < 1.29 is 0 Å². The Bertz CT molecular complexity index is 1290. The monoisotopic (exact) mass is 496 g/mol. The third-order valence-electron chi connectivity index (χ3n) is 6.87. The number of para-hydroxylation sites is 1. The molecule has 2 N–H and O–H groups in total. The fourth-order valence-electron chi connectivity index (χ4n) is 5.07. The van der Waals surface area contributed by atoms with Crippen LogP contribution in [0.25, 0.3) is 0 Å². The van der Waals surface area contributed by atoms with Crippen molar-refractivity contribution in [1.29, 1.82) is 0 Å². The zero-order valence-corrected chi connectivity index (χ0v) is 21.6. The van der Waals surface area contributed by atoms with Gasteiger partial charge >= 0.3 is 0 Å². The van der Waals surface area contributed by atoms with E-state index in [0.717, 1.165) is 42.5 Å². The van der Waals surface area contributed by atoms with Gasteiger partial charge in [-0.3, -0.25) is 9.97 Å². The number of rotatable bonds is 9. The standard InChI is InChI=1S/C29H32N6S/c1-21-18-25(22(2)35(21)20-23-10-8-14-30-19-23)28-27(26-13-6-7-15-32-26)33-29(36)34(28)17-9-16-31-24-11-4-3-5-12-24/h3-8,10-15,18-19,27-28,31H,9,16-17,20H2,1-2H3,(H,33,36)/t27-,28-/m0/s1. The molecule has 4 heterocycles. The van der Waals surface area contributed by atoms with E-state index in [-0.39, 0.29) is 12.1 Å². The van der Waals surface area contributed by atoms with Gasteiger partial charge in [-0.15, -0.1) is 0 Å². The minimum Gasteiger partial charge on any atom is -0.385 e. The lowest BCUT2D eigenvalue weighted by molar-refractivity contribution is 0.315. The fourth-order valence-corrected chi connectivity index (χ4v) is 5.40. The summed E-state index contributed by atoms with van der Waals surface area (Å²) in [5.74, 6) is 0. The molecule has 184 valence electrons. The first kappa shape index (κ1) is 24.0. The van der Waals surface area contributed by atoms with E-state index in [9.17, 15) is 0 Å². The van der Waals surface area contributed by atoms with Gasteiger partial charge in [0.1, 0.15) is 0 Å². The molecule has 0 aliphatic carbocycles. The Labute approximate surface area is 218 Å². The van der Waals surface area contributed by atoms with Crippen molar-refractivity contribution in [2.45, 2.75) is 38.9 Å². The molecule has 7 heteroatoms. The molecule has 0 unspecified atom stereocenters. The third kappa shape index (κ3) is 5.11. The molecule has 1 aliphatic rings. The average molecular weight is 497 g/mol. The highest BCUT2D eigenvalue weighted by Gasteiger charge is 2.41. The van der Waals surface area contributed by atoms with Crippen molar-refractivity contribution in [2.24, 2.45) is 0 Å². The van der Waals surface area contributed by atoms with Crippen LogP contribution < -0.4 is 10.6 Å². The zero-order chi connectivity index (χ0) is 24.9. The summed E-state index contributed by atoms with van der Waals surface area (Å²) in [5.41, 5.74) is 7.11. The number of thiocarbonyl (C=S) groups is 1. The van der Waals surface area contributed by atoms with Crippen molar-refractivity contribution in [3.05, 3.63) is 114 Å². The summed E-state index contributed by atoms with van der Waals surface area (Å²) in [4.78, 5) is 11.3. The second kappa shape index (κ2) is 10.9. The summed E-state index contributed by atoms with van der Waals surface area (Å²) in [6, 6.07) is 22.9. The maximum absolute atomic E-state index is 5.88. The van der Waals surface area contributed by atoms with Gasteiger partial charge in [0.2, 0.25) is 0 Å². The molecule has 0 bridgehead atoms. The van der Waals surface area contributed by atoms with Crippen LogP contribution in [0.15, 0.2) is 85.3 Å². The Morgan fingerprint density at radius 1 is 1.00 bits per heavy atom. The van der Waals surface area contributed by atoms with Gasteiger partial charge in [0, 0.05) is 55.3 Å². The summed E-state index contributed by atoms with van der Waals surface area (Å²) in [7, 11) is 0. The lowest BCUT2D eigenvalue weighted by atomic mass is 9.96. The van der Waals surface area contributed by atoms with E-state index in [2.05, 4.69) is 81.4 Å². The van der Waals surface area contributed by atoms with Gasteiger partial charge in [-0.2, -0.15) is 0 Å². The Balaban J connectivity index is 1.41. The van der Waals surface area contributed by atoms with E-state index in [4.69, 9.17) is 17.2 Å². The number of benzene rings is 1. The zero-order valence-electron chi connectivity index (χ0n) is 20.8. The molecule has 1 fully saturated rings. The molecule has 1 aromatic carbocycles. The van der Waals surface area contributed by atoms with Crippen molar-refractivity contribution in [3.63, 3.8) is 0 Å². The van der Waals surface area contributed by atoms with Gasteiger partial charge in [-0.25, -0.2) is 0 Å². The van der Waals surface area contributed by atoms with Crippen LogP contribution in [0.4, 0.5) is 5.69 Å². The molecular formula is C29H32N6S. The van der Waals surface area contributed by atoms with E-state index in [1.165, 1.54) is 22.5 Å². The smallest absolute Gasteiger partial charge is 0.170 e. The van der Waals surface area contributed by atoms with Crippen molar-refractivity contribution in [1.82, 2.24) is 24.8 Å². The van der Waals surface area contributed by atoms with Crippen molar-refractivity contribution >= 4 is 23.0 Å². The molecule has 0 radical (unpaired) electrons. The largest absolute Gasteiger partial charge is 0.385 e. The lowest BCUT2D eigenvalue weighted by Gasteiger charge is -2.28. The minimum absolute atomic E-state index is 0.00637. The second-order valence-electron chi connectivity index (χ2n) is 9.24. The number of aryl methyl sites for hydroxylation is 1. The van der Waals surface area contributed by atoms with Gasteiger partial charge in [0.05, 0.1) is 17.8 Å². The summed E-state index contributed by atoms with van der Waals surface area (Å²) < 4.78 is 2.37. The van der Waals surface area contributed by atoms with Crippen LogP contribution in [0.3, 0.4) is 0 Å². The van der Waals surface area contributed by atoms with Gasteiger partial charge in [-0.1, -0.05) is 30.3 Å². The quantitative estimate of drug-likeness (QED) is 0.238. The molecule has 36 heavy (non-hydrogen) atoms. The molecule has 1 aliphatic heterocycles. The summed E-state index contributed by atoms with van der Waals surface area (Å²) in [6.45, 7) is 6.92. The van der Waals surface area contributed by atoms with Crippen molar-refractivity contribution in [3.8, 4) is 0 Å². The first-order valence-corrected chi connectivity index (χ1v) is 12.8. The molecule has 3 aromatic heterocycles. The van der Waals surface area contributed by atoms with Crippen LogP contribution in [0.2, 0.25) is 0 Å². The Kier molecular flexibility index (Phi) is 7.28.